The highest BCUT2D eigenvalue weighted by Gasteiger charge is 2.19. The van der Waals surface area contributed by atoms with Crippen molar-refractivity contribution in [1.29, 1.82) is 0 Å². The van der Waals surface area contributed by atoms with Gasteiger partial charge in [0.05, 0.1) is 11.5 Å². The van der Waals surface area contributed by atoms with Crippen molar-refractivity contribution in [1.82, 2.24) is 4.90 Å². The van der Waals surface area contributed by atoms with Crippen LogP contribution >= 0.6 is 11.6 Å². The summed E-state index contributed by atoms with van der Waals surface area (Å²) in [5.74, 6) is 0.564. The van der Waals surface area contributed by atoms with Crippen LogP contribution in [0.3, 0.4) is 0 Å². The molecule has 0 radical (unpaired) electrons. The van der Waals surface area contributed by atoms with Gasteiger partial charge in [0.15, 0.2) is 9.84 Å². The van der Waals surface area contributed by atoms with Gasteiger partial charge in [0, 0.05) is 17.6 Å². The first-order valence-electron chi connectivity index (χ1n) is 6.91. The van der Waals surface area contributed by atoms with Gasteiger partial charge in [-0.15, -0.1) is 0 Å². The molecule has 1 saturated heterocycles. The van der Waals surface area contributed by atoms with Crippen LogP contribution in [0.4, 0.5) is 0 Å². The Labute approximate surface area is 125 Å². The van der Waals surface area contributed by atoms with Gasteiger partial charge in [-0.25, -0.2) is 8.42 Å². The van der Waals surface area contributed by atoms with Crippen LogP contribution < -0.4 is 5.73 Å². The van der Waals surface area contributed by atoms with Crippen molar-refractivity contribution in [2.45, 2.75) is 18.9 Å². The summed E-state index contributed by atoms with van der Waals surface area (Å²) in [7, 11) is -2.84. The molecule has 1 aliphatic rings. The molecule has 0 aromatic heterocycles. The molecule has 1 heterocycles. The molecule has 4 nitrogen and oxygen atoms in total. The highest BCUT2D eigenvalue weighted by molar-refractivity contribution is 7.91. The van der Waals surface area contributed by atoms with E-state index < -0.39 is 9.84 Å². The first-order chi connectivity index (χ1) is 9.48. The van der Waals surface area contributed by atoms with Crippen LogP contribution in [-0.2, 0) is 9.84 Å². The van der Waals surface area contributed by atoms with Gasteiger partial charge in [0.1, 0.15) is 0 Å². The molecule has 20 heavy (non-hydrogen) atoms. The maximum Gasteiger partial charge on any atom is 0.151 e. The monoisotopic (exact) mass is 316 g/mol. The van der Waals surface area contributed by atoms with Gasteiger partial charge in [0.25, 0.3) is 0 Å². The van der Waals surface area contributed by atoms with E-state index in [-0.39, 0.29) is 11.8 Å². The molecule has 112 valence electrons. The maximum atomic E-state index is 11.6. The summed E-state index contributed by atoms with van der Waals surface area (Å²) in [6.07, 6.45) is 1.49. The average molecular weight is 317 g/mol. The zero-order chi connectivity index (χ0) is 14.6. The number of benzene rings is 1. The van der Waals surface area contributed by atoms with Crippen molar-refractivity contribution < 1.29 is 8.42 Å². The summed E-state index contributed by atoms with van der Waals surface area (Å²) in [6.45, 7) is 2.24. The predicted octanol–water partition coefficient (Wildman–Crippen LogP) is 1.85. The normalized spacial score (nSPS) is 21.3. The van der Waals surface area contributed by atoms with Crippen LogP contribution in [0.15, 0.2) is 24.3 Å². The zero-order valence-electron chi connectivity index (χ0n) is 11.5. The van der Waals surface area contributed by atoms with Gasteiger partial charge in [-0.05, 0) is 37.6 Å². The number of rotatable bonds is 4. The van der Waals surface area contributed by atoms with Crippen LogP contribution in [0.2, 0.25) is 5.02 Å². The van der Waals surface area contributed by atoms with Crippen LogP contribution in [-0.4, -0.2) is 44.5 Å². The van der Waals surface area contributed by atoms with Gasteiger partial charge in [-0.3, -0.25) is 0 Å². The fourth-order valence-corrected chi connectivity index (χ4v) is 4.05. The third kappa shape index (κ3) is 4.45. The third-order valence-corrected chi connectivity index (χ3v) is 5.77. The molecule has 0 saturated carbocycles. The van der Waals surface area contributed by atoms with E-state index in [1.807, 2.05) is 24.3 Å². The molecule has 2 N–H and O–H groups in total. The SMILES string of the molecule is NC(CCN1CCCS(=O)(=O)CC1)c1ccccc1Cl. The molecule has 6 heteroatoms. The van der Waals surface area contributed by atoms with E-state index in [9.17, 15) is 8.42 Å². The van der Waals surface area contributed by atoms with Gasteiger partial charge < -0.3 is 10.6 Å². The zero-order valence-corrected chi connectivity index (χ0v) is 13.0. The summed E-state index contributed by atoms with van der Waals surface area (Å²) < 4.78 is 23.1. The molecule has 0 bridgehead atoms. The second-order valence-corrected chi connectivity index (χ2v) is 7.97. The largest absolute Gasteiger partial charge is 0.324 e. The minimum atomic E-state index is -2.84. The topological polar surface area (TPSA) is 63.4 Å². The Kier molecular flexibility index (Phi) is 5.43. The number of nitrogens with two attached hydrogens (primary N) is 1. The summed E-state index contributed by atoms with van der Waals surface area (Å²) in [6, 6.07) is 7.50. The summed E-state index contributed by atoms with van der Waals surface area (Å²) in [5, 5.41) is 0.693. The molecule has 0 aliphatic carbocycles. The van der Waals surface area contributed by atoms with E-state index >= 15 is 0 Å². The van der Waals surface area contributed by atoms with Crippen molar-refractivity contribution in [2.24, 2.45) is 5.73 Å². The Morgan fingerprint density at radius 3 is 2.75 bits per heavy atom. The van der Waals surface area contributed by atoms with Crippen LogP contribution in [0.25, 0.3) is 0 Å². The number of halogens is 1. The Hall–Kier alpha value is -0.620. The highest BCUT2D eigenvalue weighted by atomic mass is 35.5. The van der Waals surface area contributed by atoms with Gasteiger partial charge in [0.2, 0.25) is 0 Å². The second-order valence-electron chi connectivity index (χ2n) is 5.26. The van der Waals surface area contributed by atoms with E-state index in [1.165, 1.54) is 0 Å². The number of sulfone groups is 1. The average Bonchev–Trinajstić information content (AvgIpc) is 2.57. The quantitative estimate of drug-likeness (QED) is 0.921. The van der Waals surface area contributed by atoms with Gasteiger partial charge in [-0.2, -0.15) is 0 Å². The molecule has 0 spiro atoms. The van der Waals surface area contributed by atoms with Crippen LogP contribution in [0, 0.1) is 0 Å². The van der Waals surface area contributed by atoms with Crippen molar-refractivity contribution in [3.05, 3.63) is 34.9 Å². The Morgan fingerprint density at radius 2 is 2.00 bits per heavy atom. The third-order valence-electron chi connectivity index (χ3n) is 3.71. The van der Waals surface area contributed by atoms with E-state index in [2.05, 4.69) is 4.90 Å². The molecular formula is C14H21ClN2O2S. The lowest BCUT2D eigenvalue weighted by molar-refractivity contribution is 0.283. The molecule has 1 fully saturated rings. The molecule has 0 amide bonds. The molecule has 1 aromatic rings. The van der Waals surface area contributed by atoms with Gasteiger partial charge >= 0.3 is 0 Å². The first-order valence-corrected chi connectivity index (χ1v) is 9.11. The smallest absolute Gasteiger partial charge is 0.151 e. The second kappa shape index (κ2) is 6.89. The lowest BCUT2D eigenvalue weighted by Crippen LogP contribution is -2.30. The van der Waals surface area contributed by atoms with E-state index in [0.29, 0.717) is 23.7 Å². The van der Waals surface area contributed by atoms with Crippen molar-refractivity contribution in [3.63, 3.8) is 0 Å². The van der Waals surface area contributed by atoms with E-state index in [4.69, 9.17) is 17.3 Å². The van der Waals surface area contributed by atoms with E-state index in [0.717, 1.165) is 25.1 Å². The molecule has 1 aromatic carbocycles. The van der Waals surface area contributed by atoms with E-state index in [1.54, 1.807) is 0 Å². The number of hydrogen-bond acceptors (Lipinski definition) is 4. The van der Waals surface area contributed by atoms with Crippen LogP contribution in [0.5, 0.6) is 0 Å². The minimum Gasteiger partial charge on any atom is -0.324 e. The Balaban J connectivity index is 1.87. The van der Waals surface area contributed by atoms with Crippen LogP contribution in [0.1, 0.15) is 24.4 Å². The first kappa shape index (κ1) is 15.8. The lowest BCUT2D eigenvalue weighted by atomic mass is 10.0. The summed E-state index contributed by atoms with van der Waals surface area (Å²) in [5.41, 5.74) is 7.13. The number of hydrogen-bond donors (Lipinski definition) is 1. The van der Waals surface area contributed by atoms with Crippen molar-refractivity contribution >= 4 is 21.4 Å². The van der Waals surface area contributed by atoms with Gasteiger partial charge in [-0.1, -0.05) is 29.8 Å². The minimum absolute atomic E-state index is 0.108. The van der Waals surface area contributed by atoms with Crippen molar-refractivity contribution in [2.75, 3.05) is 31.1 Å². The standard InChI is InChI=1S/C14H21ClN2O2S/c15-13-5-2-1-4-12(13)14(16)6-8-17-7-3-10-20(18,19)11-9-17/h1-2,4-5,14H,3,6-11,16H2. The molecule has 1 atom stereocenters. The molecule has 1 aliphatic heterocycles. The predicted molar refractivity (Wildman–Crippen MR) is 82.7 cm³/mol. The lowest BCUT2D eigenvalue weighted by Gasteiger charge is -2.22. The Morgan fingerprint density at radius 1 is 1.25 bits per heavy atom. The van der Waals surface area contributed by atoms with Crippen molar-refractivity contribution in [3.8, 4) is 0 Å². The fourth-order valence-electron chi connectivity index (χ4n) is 2.47. The fraction of sp³-hybridized carbons (Fsp3) is 0.571. The molecule has 1 unspecified atom stereocenters. The summed E-state index contributed by atoms with van der Waals surface area (Å²) in [4.78, 5) is 2.18. The number of nitrogens with zero attached hydrogens (tertiary/aromatic N) is 1. The highest BCUT2D eigenvalue weighted by Crippen LogP contribution is 2.23. The molecule has 2 rings (SSSR count). The maximum absolute atomic E-state index is 11.6. The summed E-state index contributed by atoms with van der Waals surface area (Å²) >= 11 is 6.13. The Bertz CT molecular complexity index is 548. The molecular weight excluding hydrogens is 296 g/mol.